The van der Waals surface area contributed by atoms with Crippen LogP contribution in [0.5, 0.6) is 0 Å². The van der Waals surface area contributed by atoms with Gasteiger partial charge in [0.1, 0.15) is 0 Å². The third-order valence-electron chi connectivity index (χ3n) is 3.71. The van der Waals surface area contributed by atoms with E-state index in [1.54, 1.807) is 0 Å². The Morgan fingerprint density at radius 3 is 2.59 bits per heavy atom. The summed E-state index contributed by atoms with van der Waals surface area (Å²) in [5.74, 6) is 0.833. The largest absolute Gasteiger partial charge is 0.388 e. The van der Waals surface area contributed by atoms with E-state index in [-0.39, 0.29) is 0 Å². The Morgan fingerprint density at radius 2 is 2.06 bits per heavy atom. The SMILES string of the molecule is CC1CCN(CC(C)(O)CNC(C)C)C(C)C1. The smallest absolute Gasteiger partial charge is 0.0869 e. The second-order valence-corrected chi connectivity index (χ2v) is 6.48. The molecule has 3 atom stereocenters. The van der Waals surface area contributed by atoms with E-state index in [9.17, 15) is 5.11 Å². The Bertz CT molecular complexity index is 228. The Hall–Kier alpha value is -0.120. The van der Waals surface area contributed by atoms with Gasteiger partial charge in [-0.05, 0) is 39.2 Å². The Labute approximate surface area is 107 Å². The summed E-state index contributed by atoms with van der Waals surface area (Å²) in [6, 6.07) is 1.03. The number of β-amino-alcohol motifs (C(OH)–C–C–N with tert-alkyl or cyclic N) is 1. The fraction of sp³-hybridized carbons (Fsp3) is 1.00. The molecule has 17 heavy (non-hydrogen) atoms. The Kier molecular flexibility index (Phi) is 5.42. The number of hydrogen-bond donors (Lipinski definition) is 2. The monoisotopic (exact) mass is 242 g/mol. The zero-order valence-electron chi connectivity index (χ0n) is 12.2. The van der Waals surface area contributed by atoms with E-state index in [1.807, 2.05) is 6.92 Å². The third kappa shape index (κ3) is 5.36. The van der Waals surface area contributed by atoms with Crippen LogP contribution < -0.4 is 5.32 Å². The molecule has 0 amide bonds. The van der Waals surface area contributed by atoms with Gasteiger partial charge in [0.05, 0.1) is 5.60 Å². The maximum Gasteiger partial charge on any atom is 0.0869 e. The van der Waals surface area contributed by atoms with Crippen LogP contribution in [0.2, 0.25) is 0 Å². The standard InChI is InChI=1S/C14H30N2O/c1-11(2)15-9-14(5,17)10-16-7-6-12(3)8-13(16)4/h11-13,15,17H,6-10H2,1-5H3. The molecule has 1 aliphatic heterocycles. The van der Waals surface area contributed by atoms with Crippen LogP contribution in [0.25, 0.3) is 0 Å². The zero-order chi connectivity index (χ0) is 13.1. The van der Waals surface area contributed by atoms with Crippen molar-refractivity contribution in [2.75, 3.05) is 19.6 Å². The van der Waals surface area contributed by atoms with E-state index in [4.69, 9.17) is 0 Å². The maximum atomic E-state index is 10.4. The summed E-state index contributed by atoms with van der Waals surface area (Å²) in [7, 11) is 0. The fourth-order valence-corrected chi connectivity index (χ4v) is 2.61. The molecular weight excluding hydrogens is 212 g/mol. The average molecular weight is 242 g/mol. The molecule has 1 saturated heterocycles. The molecule has 3 heteroatoms. The summed E-state index contributed by atoms with van der Waals surface area (Å²) >= 11 is 0. The van der Waals surface area contributed by atoms with Crippen molar-refractivity contribution in [2.24, 2.45) is 5.92 Å². The van der Waals surface area contributed by atoms with Crippen LogP contribution >= 0.6 is 0 Å². The third-order valence-corrected chi connectivity index (χ3v) is 3.71. The van der Waals surface area contributed by atoms with Crippen molar-refractivity contribution in [1.29, 1.82) is 0 Å². The lowest BCUT2D eigenvalue weighted by atomic mass is 9.92. The molecule has 2 N–H and O–H groups in total. The molecule has 1 rings (SSSR count). The quantitative estimate of drug-likeness (QED) is 0.772. The van der Waals surface area contributed by atoms with Gasteiger partial charge >= 0.3 is 0 Å². The first-order valence-corrected chi connectivity index (χ1v) is 7.00. The minimum atomic E-state index is -0.626. The molecule has 102 valence electrons. The van der Waals surface area contributed by atoms with Gasteiger partial charge in [-0.25, -0.2) is 0 Å². The van der Waals surface area contributed by atoms with Crippen LogP contribution in [0.4, 0.5) is 0 Å². The van der Waals surface area contributed by atoms with Gasteiger partial charge in [-0.1, -0.05) is 20.8 Å². The topological polar surface area (TPSA) is 35.5 Å². The van der Waals surface area contributed by atoms with Gasteiger partial charge in [-0.15, -0.1) is 0 Å². The van der Waals surface area contributed by atoms with Crippen LogP contribution in [0, 0.1) is 5.92 Å². The Morgan fingerprint density at radius 1 is 1.41 bits per heavy atom. The lowest BCUT2D eigenvalue weighted by Gasteiger charge is -2.40. The van der Waals surface area contributed by atoms with E-state index < -0.39 is 5.60 Å². The van der Waals surface area contributed by atoms with Crippen LogP contribution in [0.3, 0.4) is 0 Å². The summed E-state index contributed by atoms with van der Waals surface area (Å²) in [6.45, 7) is 13.3. The molecule has 0 aromatic carbocycles. The molecule has 0 bridgehead atoms. The molecule has 3 unspecified atom stereocenters. The van der Waals surface area contributed by atoms with Gasteiger partial charge in [0.2, 0.25) is 0 Å². The summed E-state index contributed by atoms with van der Waals surface area (Å²) < 4.78 is 0. The van der Waals surface area contributed by atoms with Crippen molar-refractivity contribution in [1.82, 2.24) is 10.2 Å². The molecule has 0 aromatic heterocycles. The van der Waals surface area contributed by atoms with Crippen molar-refractivity contribution in [3.05, 3.63) is 0 Å². The molecule has 0 aliphatic carbocycles. The van der Waals surface area contributed by atoms with Crippen LogP contribution in [0.1, 0.15) is 47.5 Å². The predicted octanol–water partition coefficient (Wildman–Crippen LogP) is 1.86. The molecular formula is C14H30N2O. The van der Waals surface area contributed by atoms with E-state index in [2.05, 4.69) is 37.9 Å². The van der Waals surface area contributed by atoms with E-state index in [1.165, 1.54) is 12.8 Å². The molecule has 0 saturated carbocycles. The van der Waals surface area contributed by atoms with Gasteiger partial charge in [0, 0.05) is 25.2 Å². The van der Waals surface area contributed by atoms with E-state index in [0.29, 0.717) is 18.6 Å². The highest BCUT2D eigenvalue weighted by Crippen LogP contribution is 2.23. The Balaban J connectivity index is 2.40. The second kappa shape index (κ2) is 6.17. The van der Waals surface area contributed by atoms with Crippen LogP contribution in [-0.4, -0.2) is 47.3 Å². The lowest BCUT2D eigenvalue weighted by Crippen LogP contribution is -2.52. The first-order chi connectivity index (χ1) is 7.80. The van der Waals surface area contributed by atoms with Gasteiger partial charge < -0.3 is 10.4 Å². The van der Waals surface area contributed by atoms with E-state index >= 15 is 0 Å². The minimum absolute atomic E-state index is 0.431. The molecule has 1 aliphatic rings. The van der Waals surface area contributed by atoms with Gasteiger partial charge in [0.15, 0.2) is 0 Å². The molecule has 0 radical (unpaired) electrons. The number of rotatable bonds is 5. The first kappa shape index (κ1) is 14.9. The zero-order valence-corrected chi connectivity index (χ0v) is 12.2. The molecule has 3 nitrogen and oxygen atoms in total. The lowest BCUT2D eigenvalue weighted by molar-refractivity contribution is -0.00662. The highest BCUT2D eigenvalue weighted by Gasteiger charge is 2.29. The summed E-state index contributed by atoms with van der Waals surface area (Å²) in [5.41, 5.74) is -0.626. The van der Waals surface area contributed by atoms with Crippen LogP contribution in [-0.2, 0) is 0 Å². The summed E-state index contributed by atoms with van der Waals surface area (Å²) in [6.07, 6.45) is 2.52. The molecule has 0 aromatic rings. The summed E-state index contributed by atoms with van der Waals surface area (Å²) in [4.78, 5) is 2.43. The second-order valence-electron chi connectivity index (χ2n) is 6.48. The van der Waals surface area contributed by atoms with Crippen molar-refractivity contribution < 1.29 is 5.11 Å². The van der Waals surface area contributed by atoms with Crippen molar-refractivity contribution in [3.8, 4) is 0 Å². The normalized spacial score (nSPS) is 30.5. The predicted molar refractivity (Wildman–Crippen MR) is 73.2 cm³/mol. The van der Waals surface area contributed by atoms with Crippen molar-refractivity contribution in [3.63, 3.8) is 0 Å². The van der Waals surface area contributed by atoms with Crippen molar-refractivity contribution in [2.45, 2.75) is 65.1 Å². The van der Waals surface area contributed by atoms with E-state index in [0.717, 1.165) is 19.0 Å². The molecule has 1 fully saturated rings. The number of aliphatic hydroxyl groups is 1. The fourth-order valence-electron chi connectivity index (χ4n) is 2.61. The summed E-state index contributed by atoms with van der Waals surface area (Å²) in [5, 5.41) is 13.7. The number of hydrogen-bond acceptors (Lipinski definition) is 3. The van der Waals surface area contributed by atoms with Crippen molar-refractivity contribution >= 4 is 0 Å². The maximum absolute atomic E-state index is 10.4. The average Bonchev–Trinajstić information content (AvgIpc) is 2.20. The number of nitrogens with zero attached hydrogens (tertiary/aromatic N) is 1. The number of nitrogens with one attached hydrogen (secondary N) is 1. The van der Waals surface area contributed by atoms with Gasteiger partial charge in [0.25, 0.3) is 0 Å². The number of likely N-dealkylation sites (tertiary alicyclic amines) is 1. The van der Waals surface area contributed by atoms with Crippen LogP contribution in [0.15, 0.2) is 0 Å². The minimum Gasteiger partial charge on any atom is -0.388 e. The van der Waals surface area contributed by atoms with Gasteiger partial charge in [-0.2, -0.15) is 0 Å². The van der Waals surface area contributed by atoms with Gasteiger partial charge in [-0.3, -0.25) is 4.90 Å². The highest BCUT2D eigenvalue weighted by atomic mass is 16.3. The first-order valence-electron chi connectivity index (χ1n) is 7.00. The molecule has 1 heterocycles. The number of piperidine rings is 1. The molecule has 0 spiro atoms. The highest BCUT2D eigenvalue weighted by molar-refractivity contribution is 4.85.